The summed E-state index contributed by atoms with van der Waals surface area (Å²) in [6.07, 6.45) is 3.85. The fraction of sp³-hybridized carbons (Fsp3) is 0.355. The lowest BCUT2D eigenvalue weighted by Gasteiger charge is -2.41. The number of thiazole rings is 1. The summed E-state index contributed by atoms with van der Waals surface area (Å²) in [7, 11) is 3.99. The van der Waals surface area contributed by atoms with E-state index < -0.39 is 0 Å². The average molecular weight is 592 g/mol. The molecule has 10 heteroatoms. The second-order valence-corrected chi connectivity index (χ2v) is 12.8. The number of nitrogens with zero attached hydrogens (tertiary/aromatic N) is 4. The lowest BCUT2D eigenvalue weighted by molar-refractivity contribution is -0.130. The Labute approximate surface area is 250 Å². The number of amides is 3. The summed E-state index contributed by atoms with van der Waals surface area (Å²) in [5.74, 6) is -0.314. The van der Waals surface area contributed by atoms with Crippen LogP contribution in [0.5, 0.6) is 0 Å². The van der Waals surface area contributed by atoms with E-state index in [4.69, 9.17) is 0 Å². The summed E-state index contributed by atoms with van der Waals surface area (Å²) >= 11 is 2.93. The third-order valence-electron chi connectivity index (χ3n) is 7.05. The lowest BCUT2D eigenvalue weighted by atomic mass is 10.0. The standard InChI is InChI=1S/C31H37N5O3S2/c1-7-24-19-35(12-13-36(24)27(37)8-2)30(39)25-16-26(21(4)14-20(25)3)40-28-17-32-31(41-28)33-29(38)23-11-9-10-22(15-23)18-34(5)6/h8-11,14-17,24H,2,7,12-13,18-19H2,1,3-6H3,(H,32,33,38). The normalized spacial score (nSPS) is 15.2. The van der Waals surface area contributed by atoms with Crippen LogP contribution < -0.4 is 5.32 Å². The molecular formula is C31H37N5O3S2. The molecule has 0 spiro atoms. The number of carbonyl (C=O) groups excluding carboxylic acids is 3. The zero-order valence-corrected chi connectivity index (χ0v) is 25.9. The molecule has 1 aromatic heterocycles. The van der Waals surface area contributed by atoms with Gasteiger partial charge in [0.15, 0.2) is 5.13 Å². The molecule has 1 unspecified atom stereocenters. The molecule has 1 aliphatic heterocycles. The Balaban J connectivity index is 1.46. The van der Waals surface area contributed by atoms with Gasteiger partial charge in [-0.2, -0.15) is 0 Å². The fourth-order valence-corrected chi connectivity index (χ4v) is 6.89. The van der Waals surface area contributed by atoms with E-state index in [9.17, 15) is 14.4 Å². The number of aryl methyl sites for hydroxylation is 2. The molecular weight excluding hydrogens is 555 g/mol. The van der Waals surface area contributed by atoms with E-state index in [1.807, 2.05) is 70.1 Å². The van der Waals surface area contributed by atoms with Crippen LogP contribution in [0.1, 0.15) is 50.8 Å². The maximum Gasteiger partial charge on any atom is 0.257 e. The quantitative estimate of drug-likeness (QED) is 0.332. The van der Waals surface area contributed by atoms with Crippen LogP contribution >= 0.6 is 23.1 Å². The molecule has 1 N–H and O–H groups in total. The Morgan fingerprint density at radius 3 is 2.66 bits per heavy atom. The number of aromatic nitrogens is 1. The molecule has 2 heterocycles. The van der Waals surface area contributed by atoms with Crippen LogP contribution in [0.15, 0.2) is 64.4 Å². The van der Waals surface area contributed by atoms with Gasteiger partial charge in [0, 0.05) is 48.2 Å². The molecule has 1 saturated heterocycles. The number of carbonyl (C=O) groups is 3. The van der Waals surface area contributed by atoms with Crippen LogP contribution in [-0.2, 0) is 11.3 Å². The van der Waals surface area contributed by atoms with Crippen molar-refractivity contribution in [3.8, 4) is 0 Å². The molecule has 4 rings (SSSR count). The fourth-order valence-electron chi connectivity index (χ4n) is 4.96. The van der Waals surface area contributed by atoms with Crippen LogP contribution in [0.25, 0.3) is 0 Å². The van der Waals surface area contributed by atoms with Gasteiger partial charge in [-0.3, -0.25) is 19.7 Å². The molecule has 1 fully saturated rings. The first kappa shape index (κ1) is 30.5. The monoisotopic (exact) mass is 591 g/mol. The van der Waals surface area contributed by atoms with Gasteiger partial charge < -0.3 is 14.7 Å². The zero-order chi connectivity index (χ0) is 29.7. The predicted octanol–water partition coefficient (Wildman–Crippen LogP) is 5.47. The minimum absolute atomic E-state index is 0.0257. The molecule has 41 heavy (non-hydrogen) atoms. The second-order valence-electron chi connectivity index (χ2n) is 10.5. The molecule has 0 aliphatic carbocycles. The van der Waals surface area contributed by atoms with Crippen molar-refractivity contribution in [1.29, 1.82) is 0 Å². The van der Waals surface area contributed by atoms with Gasteiger partial charge in [0.25, 0.3) is 11.8 Å². The molecule has 0 radical (unpaired) electrons. The molecule has 8 nitrogen and oxygen atoms in total. The topological polar surface area (TPSA) is 85.9 Å². The number of hydrogen-bond acceptors (Lipinski definition) is 7. The summed E-state index contributed by atoms with van der Waals surface area (Å²) in [4.78, 5) is 49.8. The van der Waals surface area contributed by atoms with Crippen LogP contribution in [0.3, 0.4) is 0 Å². The van der Waals surface area contributed by atoms with Crippen molar-refractivity contribution in [2.45, 2.75) is 48.9 Å². The summed E-state index contributed by atoms with van der Waals surface area (Å²) in [5, 5.41) is 3.44. The highest BCUT2D eigenvalue weighted by atomic mass is 32.2. The van der Waals surface area contributed by atoms with E-state index in [0.29, 0.717) is 35.9 Å². The van der Waals surface area contributed by atoms with E-state index in [2.05, 4.69) is 21.8 Å². The molecule has 1 aliphatic rings. The van der Waals surface area contributed by atoms with Crippen molar-refractivity contribution in [1.82, 2.24) is 19.7 Å². The van der Waals surface area contributed by atoms with Gasteiger partial charge in [-0.1, -0.05) is 54.8 Å². The van der Waals surface area contributed by atoms with E-state index in [0.717, 1.165) is 38.8 Å². The highest BCUT2D eigenvalue weighted by Crippen LogP contribution is 2.37. The third kappa shape index (κ3) is 7.44. The third-order valence-corrected chi connectivity index (χ3v) is 9.23. The first-order valence-electron chi connectivity index (χ1n) is 13.6. The summed E-state index contributed by atoms with van der Waals surface area (Å²) in [6, 6.07) is 11.5. The Kier molecular flexibility index (Phi) is 10.0. The van der Waals surface area contributed by atoms with Crippen molar-refractivity contribution in [3.63, 3.8) is 0 Å². The molecule has 0 saturated carbocycles. The van der Waals surface area contributed by atoms with E-state index >= 15 is 0 Å². The Bertz CT molecular complexity index is 1450. The maximum absolute atomic E-state index is 13.6. The van der Waals surface area contributed by atoms with Gasteiger partial charge in [-0.25, -0.2) is 4.98 Å². The first-order valence-corrected chi connectivity index (χ1v) is 15.2. The lowest BCUT2D eigenvalue weighted by Crippen LogP contribution is -2.56. The number of rotatable bonds is 9. The number of hydrogen-bond donors (Lipinski definition) is 1. The molecule has 1 atom stereocenters. The van der Waals surface area contributed by atoms with Crippen LogP contribution in [0.4, 0.5) is 5.13 Å². The summed E-state index contributed by atoms with van der Waals surface area (Å²) in [5.41, 5.74) is 4.30. The number of nitrogens with one attached hydrogen (secondary N) is 1. The highest BCUT2D eigenvalue weighted by Gasteiger charge is 2.31. The van der Waals surface area contributed by atoms with Crippen molar-refractivity contribution in [2.75, 3.05) is 39.0 Å². The van der Waals surface area contributed by atoms with Gasteiger partial charge >= 0.3 is 0 Å². The van der Waals surface area contributed by atoms with Crippen LogP contribution in [0, 0.1) is 13.8 Å². The SMILES string of the molecule is C=CC(=O)N1CCN(C(=O)c2cc(Sc3cnc(NC(=O)c4cccc(CN(C)C)c4)s3)c(C)cc2C)CC1CC. The molecule has 0 bridgehead atoms. The van der Waals surface area contributed by atoms with Gasteiger partial charge in [-0.15, -0.1) is 0 Å². The Hall–Kier alpha value is -3.47. The Morgan fingerprint density at radius 1 is 1.17 bits per heavy atom. The van der Waals surface area contributed by atoms with Crippen molar-refractivity contribution in [2.24, 2.45) is 0 Å². The van der Waals surface area contributed by atoms with Gasteiger partial charge in [0.2, 0.25) is 5.91 Å². The van der Waals surface area contributed by atoms with Gasteiger partial charge in [0.05, 0.1) is 10.4 Å². The Morgan fingerprint density at radius 2 is 1.95 bits per heavy atom. The van der Waals surface area contributed by atoms with E-state index in [-0.39, 0.29) is 23.8 Å². The zero-order valence-electron chi connectivity index (χ0n) is 24.3. The van der Waals surface area contributed by atoms with E-state index in [1.54, 1.807) is 17.2 Å². The second kappa shape index (κ2) is 13.5. The highest BCUT2D eigenvalue weighted by molar-refractivity contribution is 8.01. The first-order chi connectivity index (χ1) is 19.6. The van der Waals surface area contributed by atoms with Crippen molar-refractivity contribution >= 4 is 46.0 Å². The number of anilines is 1. The molecule has 3 amide bonds. The number of piperazine rings is 1. The molecule has 2 aromatic carbocycles. The van der Waals surface area contributed by atoms with Crippen molar-refractivity contribution in [3.05, 3.63) is 83.1 Å². The van der Waals surface area contributed by atoms with Gasteiger partial charge in [0.1, 0.15) is 0 Å². The summed E-state index contributed by atoms with van der Waals surface area (Å²) < 4.78 is 0.912. The van der Waals surface area contributed by atoms with Crippen LogP contribution in [-0.4, -0.2) is 77.2 Å². The van der Waals surface area contributed by atoms with Crippen LogP contribution in [0.2, 0.25) is 0 Å². The minimum atomic E-state index is -0.198. The predicted molar refractivity (Wildman–Crippen MR) is 166 cm³/mol. The minimum Gasteiger partial charge on any atom is -0.335 e. The molecule has 3 aromatic rings. The number of benzene rings is 2. The molecule has 216 valence electrons. The average Bonchev–Trinajstić information content (AvgIpc) is 3.39. The van der Waals surface area contributed by atoms with Crippen molar-refractivity contribution < 1.29 is 14.4 Å². The maximum atomic E-state index is 13.6. The smallest absolute Gasteiger partial charge is 0.257 e. The van der Waals surface area contributed by atoms with Gasteiger partial charge in [-0.05, 0) is 75.3 Å². The largest absolute Gasteiger partial charge is 0.335 e. The summed E-state index contributed by atoms with van der Waals surface area (Å²) in [6.45, 7) is 11.9. The van der Waals surface area contributed by atoms with E-state index in [1.165, 1.54) is 29.2 Å².